The summed E-state index contributed by atoms with van der Waals surface area (Å²) in [6, 6.07) is -3.87. The first kappa shape index (κ1) is 28.5. The minimum Gasteiger partial charge on any atom is -0.481 e. The van der Waals surface area contributed by atoms with Gasteiger partial charge in [0.15, 0.2) is 0 Å². The smallest absolute Gasteiger partial charge is 0.321 e. The van der Waals surface area contributed by atoms with Gasteiger partial charge in [-0.3, -0.25) is 28.8 Å². The molecule has 0 bridgehead atoms. The van der Waals surface area contributed by atoms with Gasteiger partial charge in [0.1, 0.15) is 18.1 Å². The molecule has 0 saturated carbocycles. The summed E-state index contributed by atoms with van der Waals surface area (Å²) in [5, 5.41) is 48.1. The molecule has 12 N–H and O–H groups in total. The average Bonchev–Trinajstić information content (AvgIpc) is 2.46. The number of nitrogens with two attached hydrogens (primary N) is 3. The molecule has 156 valence electrons. The average molecular weight is 399 g/mol. The number of hydrogen-bond donors (Lipinski definition) is 9. The van der Waals surface area contributed by atoms with Crippen molar-refractivity contribution in [3.63, 3.8) is 0 Å². The maximum atomic E-state index is 9.85. The molecule has 0 heterocycles. The fourth-order valence-corrected chi connectivity index (χ4v) is 0.826. The Morgan fingerprint density at radius 2 is 0.630 bits per heavy atom. The second kappa shape index (κ2) is 15.0. The Kier molecular flexibility index (Phi) is 15.8. The Bertz CT molecular complexity index is 474. The van der Waals surface area contributed by atoms with Gasteiger partial charge in [-0.1, -0.05) is 0 Å². The number of carbonyl (C=O) groups is 6. The topological polar surface area (TPSA) is 302 Å². The van der Waals surface area contributed by atoms with Crippen molar-refractivity contribution < 1.29 is 59.4 Å². The third-order valence-corrected chi connectivity index (χ3v) is 2.14. The highest BCUT2D eigenvalue weighted by atomic mass is 16.4. The molecule has 3 atom stereocenters. The molecule has 0 radical (unpaired) electrons. The van der Waals surface area contributed by atoms with Crippen molar-refractivity contribution in [1.29, 1.82) is 0 Å². The summed E-state index contributed by atoms with van der Waals surface area (Å²) < 4.78 is 0. The Balaban J connectivity index is -0.000000320. The van der Waals surface area contributed by atoms with Gasteiger partial charge < -0.3 is 47.8 Å². The van der Waals surface area contributed by atoms with Crippen LogP contribution in [0.1, 0.15) is 19.3 Å². The molecule has 0 amide bonds. The van der Waals surface area contributed by atoms with Crippen molar-refractivity contribution in [3.05, 3.63) is 0 Å². The van der Waals surface area contributed by atoms with Crippen molar-refractivity contribution in [3.8, 4) is 0 Å². The first-order valence-electron chi connectivity index (χ1n) is 6.72. The summed E-state index contributed by atoms with van der Waals surface area (Å²) in [5.41, 5.74) is 14.5. The highest BCUT2D eigenvalue weighted by molar-refractivity contribution is 5.81. The molecule has 0 fully saturated rings. The lowest BCUT2D eigenvalue weighted by Gasteiger charge is -1.99. The predicted octanol–water partition coefficient (Wildman–Crippen LogP) is -3.38. The molecule has 0 rings (SSSR count). The molecule has 15 nitrogen and oxygen atoms in total. The third-order valence-electron chi connectivity index (χ3n) is 2.14. The van der Waals surface area contributed by atoms with E-state index in [1.54, 1.807) is 0 Å². The number of carboxylic acid groups (broad SMARTS) is 6. The molecule has 15 heteroatoms. The largest absolute Gasteiger partial charge is 0.481 e. The fourth-order valence-electron chi connectivity index (χ4n) is 0.826. The third kappa shape index (κ3) is 22.7. The Morgan fingerprint density at radius 1 is 0.481 bits per heavy atom. The first-order valence-corrected chi connectivity index (χ1v) is 6.72. The minimum absolute atomic E-state index is 0.532. The van der Waals surface area contributed by atoms with Crippen LogP contribution in [0, 0.1) is 0 Å². The Hall–Kier alpha value is -3.30. The van der Waals surface area contributed by atoms with Gasteiger partial charge >= 0.3 is 35.8 Å². The van der Waals surface area contributed by atoms with Gasteiger partial charge in [-0.25, -0.2) is 0 Å². The quantitative estimate of drug-likeness (QED) is 0.182. The summed E-state index contributed by atoms with van der Waals surface area (Å²) in [5.74, 6) is -7.49. The van der Waals surface area contributed by atoms with Crippen LogP contribution in [0.4, 0.5) is 0 Å². The zero-order valence-corrected chi connectivity index (χ0v) is 13.7. The molecule has 0 aromatic heterocycles. The van der Waals surface area contributed by atoms with Crippen molar-refractivity contribution in [2.45, 2.75) is 37.4 Å². The zero-order valence-electron chi connectivity index (χ0n) is 13.7. The first-order chi connectivity index (χ1) is 12.1. The van der Waals surface area contributed by atoms with Gasteiger partial charge in [0, 0.05) is 0 Å². The SMILES string of the molecule is NC(CC(=O)O)C(=O)O.NC(CC(=O)O)C(=O)O.NC(CC(=O)O)C(=O)O. The molecule has 0 aliphatic rings. The number of hydrogen-bond acceptors (Lipinski definition) is 9. The summed E-state index contributed by atoms with van der Waals surface area (Å²) in [4.78, 5) is 58.9. The highest BCUT2D eigenvalue weighted by Gasteiger charge is 2.15. The summed E-state index contributed by atoms with van der Waals surface area (Å²) >= 11 is 0. The molecule has 0 aliphatic heterocycles. The highest BCUT2D eigenvalue weighted by Crippen LogP contribution is 1.87. The molecule has 0 aliphatic carbocycles. The lowest BCUT2D eigenvalue weighted by Crippen LogP contribution is -2.32. The molecule has 0 aromatic carbocycles. The van der Waals surface area contributed by atoms with E-state index in [-0.39, 0.29) is 0 Å². The maximum absolute atomic E-state index is 9.85. The monoisotopic (exact) mass is 399 g/mol. The van der Waals surface area contributed by atoms with Crippen LogP contribution in [-0.4, -0.2) is 84.6 Å². The van der Waals surface area contributed by atoms with E-state index >= 15 is 0 Å². The van der Waals surface area contributed by atoms with Crippen molar-refractivity contribution >= 4 is 35.8 Å². The van der Waals surface area contributed by atoms with Crippen LogP contribution in [0.15, 0.2) is 0 Å². The molecule has 3 unspecified atom stereocenters. The van der Waals surface area contributed by atoms with E-state index in [2.05, 4.69) is 0 Å². The normalized spacial score (nSPS) is 12.6. The van der Waals surface area contributed by atoms with Crippen LogP contribution < -0.4 is 17.2 Å². The molecular formula is C12H21N3O12. The van der Waals surface area contributed by atoms with Gasteiger partial charge in [-0.15, -0.1) is 0 Å². The second-order valence-electron chi connectivity index (χ2n) is 4.63. The lowest BCUT2D eigenvalue weighted by molar-refractivity contribution is -0.144. The van der Waals surface area contributed by atoms with E-state index < -0.39 is 73.2 Å². The summed E-state index contributed by atoms with van der Waals surface area (Å²) in [6.07, 6.45) is -1.60. The van der Waals surface area contributed by atoms with E-state index in [4.69, 9.17) is 47.8 Å². The zero-order chi connectivity index (χ0) is 22.3. The number of rotatable bonds is 9. The van der Waals surface area contributed by atoms with Crippen LogP contribution in [0.2, 0.25) is 0 Å². The molecule has 0 spiro atoms. The minimum atomic E-state index is -1.29. The van der Waals surface area contributed by atoms with Crippen molar-refractivity contribution in [1.82, 2.24) is 0 Å². The van der Waals surface area contributed by atoms with Crippen molar-refractivity contribution in [2.24, 2.45) is 17.2 Å². The van der Waals surface area contributed by atoms with Crippen LogP contribution >= 0.6 is 0 Å². The Morgan fingerprint density at radius 3 is 0.667 bits per heavy atom. The second-order valence-corrected chi connectivity index (χ2v) is 4.63. The molecular weight excluding hydrogens is 378 g/mol. The van der Waals surface area contributed by atoms with Crippen LogP contribution in [0.5, 0.6) is 0 Å². The standard InChI is InChI=1S/3C4H7NO4/c3*5-2(4(8)9)1-3(6)7/h3*2H,1,5H2,(H,6,7)(H,8,9). The lowest BCUT2D eigenvalue weighted by atomic mass is 10.2. The van der Waals surface area contributed by atoms with Crippen LogP contribution in [0.25, 0.3) is 0 Å². The maximum Gasteiger partial charge on any atom is 0.321 e. The van der Waals surface area contributed by atoms with Crippen molar-refractivity contribution in [2.75, 3.05) is 0 Å². The van der Waals surface area contributed by atoms with Gasteiger partial charge in [-0.2, -0.15) is 0 Å². The van der Waals surface area contributed by atoms with E-state index in [0.717, 1.165) is 0 Å². The van der Waals surface area contributed by atoms with Gasteiger partial charge in [0.25, 0.3) is 0 Å². The van der Waals surface area contributed by atoms with Gasteiger partial charge in [0.2, 0.25) is 0 Å². The van der Waals surface area contributed by atoms with E-state index in [1.165, 1.54) is 0 Å². The predicted molar refractivity (Wildman–Crippen MR) is 83.6 cm³/mol. The molecule has 0 aromatic rings. The van der Waals surface area contributed by atoms with E-state index in [9.17, 15) is 28.8 Å². The summed E-state index contributed by atoms with van der Waals surface area (Å²) in [7, 11) is 0. The fraction of sp³-hybridized carbons (Fsp3) is 0.500. The van der Waals surface area contributed by atoms with Gasteiger partial charge in [-0.05, 0) is 0 Å². The van der Waals surface area contributed by atoms with E-state index in [0.29, 0.717) is 0 Å². The molecule has 0 saturated heterocycles. The van der Waals surface area contributed by atoms with Gasteiger partial charge in [0.05, 0.1) is 19.3 Å². The number of aliphatic carboxylic acids is 6. The van der Waals surface area contributed by atoms with Crippen LogP contribution in [0.3, 0.4) is 0 Å². The van der Waals surface area contributed by atoms with Crippen LogP contribution in [-0.2, 0) is 28.8 Å². The van der Waals surface area contributed by atoms with E-state index in [1.807, 2.05) is 0 Å². The summed E-state index contributed by atoms with van der Waals surface area (Å²) in [6.45, 7) is 0. The Labute approximate surface area is 151 Å². The molecule has 27 heavy (non-hydrogen) atoms. The number of carboxylic acids is 6.